The predicted molar refractivity (Wildman–Crippen MR) is 64.7 cm³/mol. The molecule has 1 heterocycles. The number of amides is 1. The number of carbonyl (C=O) groups is 1. The molecule has 0 saturated heterocycles. The molecule has 0 unspecified atom stereocenters. The summed E-state index contributed by atoms with van der Waals surface area (Å²) in [5.41, 5.74) is 5.67. The summed E-state index contributed by atoms with van der Waals surface area (Å²) in [6, 6.07) is 0. The van der Waals surface area contributed by atoms with Gasteiger partial charge in [0.25, 0.3) is 5.91 Å². The number of nitrogens with zero attached hydrogens (tertiary/aromatic N) is 1. The Morgan fingerprint density at radius 3 is 2.76 bits per heavy atom. The van der Waals surface area contributed by atoms with Crippen LogP contribution < -0.4 is 11.1 Å². The summed E-state index contributed by atoms with van der Waals surface area (Å²) in [5.74, 6) is -0.375. The highest BCUT2D eigenvalue weighted by Gasteiger charge is 2.40. The maximum absolute atomic E-state index is 11.9. The largest absolute Gasteiger partial charge is 0.395 e. The van der Waals surface area contributed by atoms with E-state index in [2.05, 4.69) is 9.69 Å². The Bertz CT molecular complexity index is 546. The van der Waals surface area contributed by atoms with Crippen LogP contribution in [0.3, 0.4) is 0 Å². The van der Waals surface area contributed by atoms with Crippen LogP contribution in [-0.2, 0) is 9.84 Å². The molecule has 17 heavy (non-hydrogen) atoms. The van der Waals surface area contributed by atoms with E-state index in [1.165, 1.54) is 0 Å². The number of aromatic nitrogens is 1. The smallest absolute Gasteiger partial charge is 0.265 e. The maximum atomic E-state index is 11.9. The Hall–Kier alpha value is -1.15. The van der Waals surface area contributed by atoms with Gasteiger partial charge < -0.3 is 11.1 Å². The molecule has 1 saturated carbocycles. The summed E-state index contributed by atoms with van der Waals surface area (Å²) in [6.45, 7) is 2.23. The molecule has 6 nitrogen and oxygen atoms in total. The third-order valence-corrected chi connectivity index (χ3v) is 5.65. The van der Waals surface area contributed by atoms with Gasteiger partial charge in [-0.05, 0) is 31.3 Å². The van der Waals surface area contributed by atoms with Crippen LogP contribution in [0.25, 0.3) is 0 Å². The fourth-order valence-electron chi connectivity index (χ4n) is 1.43. The molecule has 1 fully saturated rings. The van der Waals surface area contributed by atoms with E-state index in [0.717, 1.165) is 11.5 Å². The van der Waals surface area contributed by atoms with Crippen molar-refractivity contribution in [2.75, 3.05) is 12.3 Å². The Morgan fingerprint density at radius 2 is 2.24 bits per heavy atom. The highest BCUT2D eigenvalue weighted by atomic mass is 32.2. The summed E-state index contributed by atoms with van der Waals surface area (Å²) in [7, 11) is -3.43. The number of anilines is 1. The Kier molecular flexibility index (Phi) is 3.09. The van der Waals surface area contributed by atoms with Crippen LogP contribution >= 0.6 is 11.5 Å². The molecular formula is C9H13N3O3S2. The van der Waals surface area contributed by atoms with E-state index in [9.17, 15) is 13.2 Å². The normalized spacial score (nSPS) is 15.8. The fourth-order valence-corrected chi connectivity index (χ4v) is 4.12. The third-order valence-electron chi connectivity index (χ3n) is 2.47. The molecule has 1 aliphatic rings. The lowest BCUT2D eigenvalue weighted by molar-refractivity contribution is 0.0960. The molecule has 0 aliphatic heterocycles. The lowest BCUT2D eigenvalue weighted by Gasteiger charge is -2.01. The van der Waals surface area contributed by atoms with Gasteiger partial charge in [-0.2, -0.15) is 4.37 Å². The summed E-state index contributed by atoms with van der Waals surface area (Å²) < 4.78 is 27.7. The number of nitrogen functional groups attached to an aromatic ring is 1. The van der Waals surface area contributed by atoms with Crippen molar-refractivity contribution in [3.63, 3.8) is 0 Å². The molecule has 0 aromatic carbocycles. The molecular weight excluding hydrogens is 262 g/mol. The van der Waals surface area contributed by atoms with Gasteiger partial charge >= 0.3 is 0 Å². The van der Waals surface area contributed by atoms with Crippen molar-refractivity contribution >= 4 is 33.0 Å². The molecule has 1 aromatic rings. The lowest BCUT2D eigenvalue weighted by Crippen LogP contribution is -2.22. The summed E-state index contributed by atoms with van der Waals surface area (Å²) in [6.07, 6.45) is 1.30. The first kappa shape index (κ1) is 12.3. The second kappa shape index (κ2) is 4.26. The van der Waals surface area contributed by atoms with Crippen LogP contribution in [0.5, 0.6) is 0 Å². The van der Waals surface area contributed by atoms with Crippen molar-refractivity contribution in [3.8, 4) is 0 Å². The third kappa shape index (κ3) is 2.14. The van der Waals surface area contributed by atoms with Gasteiger partial charge in [-0.15, -0.1) is 0 Å². The molecule has 0 bridgehead atoms. The molecule has 1 aliphatic carbocycles. The molecule has 1 aromatic heterocycles. The number of sulfone groups is 1. The van der Waals surface area contributed by atoms with Crippen molar-refractivity contribution < 1.29 is 13.2 Å². The number of nitrogens with one attached hydrogen (secondary N) is 1. The van der Waals surface area contributed by atoms with Crippen LogP contribution in [0.15, 0.2) is 5.03 Å². The molecule has 94 valence electrons. The number of hydrogen-bond donors (Lipinski definition) is 2. The van der Waals surface area contributed by atoms with Crippen molar-refractivity contribution in [1.29, 1.82) is 0 Å². The van der Waals surface area contributed by atoms with Gasteiger partial charge in [-0.1, -0.05) is 0 Å². The first-order valence-corrected chi connectivity index (χ1v) is 7.57. The van der Waals surface area contributed by atoms with Gasteiger partial charge in [0.05, 0.1) is 10.9 Å². The van der Waals surface area contributed by atoms with Gasteiger partial charge in [0.1, 0.15) is 4.88 Å². The minimum Gasteiger partial charge on any atom is -0.395 e. The van der Waals surface area contributed by atoms with E-state index in [4.69, 9.17) is 5.73 Å². The SMILES string of the molecule is CCNC(=O)c1snc(S(=O)(=O)C2CC2)c1N. The Morgan fingerprint density at radius 1 is 1.59 bits per heavy atom. The van der Waals surface area contributed by atoms with Crippen molar-refractivity contribution in [2.45, 2.75) is 30.0 Å². The highest BCUT2D eigenvalue weighted by Crippen LogP contribution is 2.37. The zero-order valence-electron chi connectivity index (χ0n) is 9.26. The van der Waals surface area contributed by atoms with Gasteiger partial charge in [0.15, 0.2) is 5.03 Å². The number of rotatable bonds is 4. The van der Waals surface area contributed by atoms with Crippen molar-refractivity contribution in [3.05, 3.63) is 4.88 Å². The van der Waals surface area contributed by atoms with Crippen molar-refractivity contribution in [1.82, 2.24) is 9.69 Å². The lowest BCUT2D eigenvalue weighted by atomic mass is 10.4. The quantitative estimate of drug-likeness (QED) is 0.828. The van der Waals surface area contributed by atoms with E-state index in [1.807, 2.05) is 0 Å². The standard InChI is InChI=1S/C9H13N3O3S2/c1-2-11-8(13)7-6(10)9(12-16-7)17(14,15)5-3-4-5/h5H,2-4,10H2,1H3,(H,11,13). The number of hydrogen-bond acceptors (Lipinski definition) is 6. The summed E-state index contributed by atoms with van der Waals surface area (Å²) in [5, 5.41) is 2.07. The van der Waals surface area contributed by atoms with Crippen LogP contribution in [0.2, 0.25) is 0 Å². The molecule has 0 radical (unpaired) electrons. The summed E-state index contributed by atoms with van der Waals surface area (Å²) >= 11 is 0.830. The number of carbonyl (C=O) groups excluding carboxylic acids is 1. The number of nitrogens with two attached hydrogens (primary N) is 1. The van der Waals surface area contributed by atoms with Crippen LogP contribution in [-0.4, -0.2) is 30.5 Å². The Labute approximate surface area is 103 Å². The first-order chi connectivity index (χ1) is 7.98. The van der Waals surface area contributed by atoms with E-state index in [0.29, 0.717) is 19.4 Å². The Balaban J connectivity index is 2.36. The molecule has 8 heteroatoms. The zero-order valence-corrected chi connectivity index (χ0v) is 10.9. The molecule has 3 N–H and O–H groups in total. The molecule has 0 atom stereocenters. The summed E-state index contributed by atoms with van der Waals surface area (Å²) in [4.78, 5) is 11.7. The monoisotopic (exact) mass is 275 g/mol. The second-order valence-electron chi connectivity index (χ2n) is 3.83. The van der Waals surface area contributed by atoms with E-state index in [-0.39, 0.29) is 26.7 Å². The highest BCUT2D eigenvalue weighted by molar-refractivity contribution is 7.92. The van der Waals surface area contributed by atoms with E-state index >= 15 is 0 Å². The van der Waals surface area contributed by atoms with Crippen LogP contribution in [0.1, 0.15) is 29.4 Å². The zero-order chi connectivity index (χ0) is 12.6. The molecule has 0 spiro atoms. The van der Waals surface area contributed by atoms with Crippen molar-refractivity contribution in [2.24, 2.45) is 0 Å². The van der Waals surface area contributed by atoms with Gasteiger partial charge in [-0.25, -0.2) is 8.42 Å². The maximum Gasteiger partial charge on any atom is 0.265 e. The van der Waals surface area contributed by atoms with Crippen LogP contribution in [0.4, 0.5) is 5.69 Å². The van der Waals surface area contributed by atoms with Gasteiger partial charge in [-0.3, -0.25) is 4.79 Å². The van der Waals surface area contributed by atoms with Crippen LogP contribution in [0, 0.1) is 0 Å². The average Bonchev–Trinajstić information content (AvgIpc) is 3.03. The minimum absolute atomic E-state index is 0.0205. The fraction of sp³-hybridized carbons (Fsp3) is 0.556. The van der Waals surface area contributed by atoms with Gasteiger partial charge in [0.2, 0.25) is 9.84 Å². The second-order valence-corrected chi connectivity index (χ2v) is 6.75. The topological polar surface area (TPSA) is 102 Å². The van der Waals surface area contributed by atoms with E-state index in [1.54, 1.807) is 6.92 Å². The average molecular weight is 275 g/mol. The first-order valence-electron chi connectivity index (χ1n) is 5.25. The van der Waals surface area contributed by atoms with E-state index < -0.39 is 9.84 Å². The molecule has 2 rings (SSSR count). The molecule has 1 amide bonds. The van der Waals surface area contributed by atoms with Gasteiger partial charge in [0, 0.05) is 6.54 Å². The predicted octanol–water partition coefficient (Wildman–Crippen LogP) is 0.411. The minimum atomic E-state index is -3.43.